The quantitative estimate of drug-likeness (QED) is 0.453. The predicted octanol–water partition coefficient (Wildman–Crippen LogP) is 3.81. The van der Waals surface area contributed by atoms with Crippen molar-refractivity contribution < 1.29 is 22.7 Å². The summed E-state index contributed by atoms with van der Waals surface area (Å²) in [5.74, 6) is -0.282. The molecule has 2 aromatic carbocycles. The van der Waals surface area contributed by atoms with Gasteiger partial charge in [-0.15, -0.1) is 0 Å². The van der Waals surface area contributed by atoms with E-state index in [4.69, 9.17) is 4.74 Å². The molecule has 1 N–H and O–H groups in total. The van der Waals surface area contributed by atoms with Crippen LogP contribution in [0.2, 0.25) is 0 Å². The number of ether oxygens (including phenoxy) is 1. The van der Waals surface area contributed by atoms with Crippen molar-refractivity contribution in [1.29, 1.82) is 0 Å². The van der Waals surface area contributed by atoms with Gasteiger partial charge in [-0.2, -0.15) is 0 Å². The van der Waals surface area contributed by atoms with E-state index in [-0.39, 0.29) is 27.4 Å². The van der Waals surface area contributed by atoms with Crippen LogP contribution in [0, 0.1) is 6.92 Å². The van der Waals surface area contributed by atoms with Crippen molar-refractivity contribution in [3.05, 3.63) is 95.1 Å². The van der Waals surface area contributed by atoms with Gasteiger partial charge in [0.15, 0.2) is 5.78 Å². The smallest absolute Gasteiger partial charge is 0.268 e. The van der Waals surface area contributed by atoms with E-state index in [0.717, 1.165) is 15.1 Å². The lowest BCUT2D eigenvalue weighted by Gasteiger charge is -2.16. The van der Waals surface area contributed by atoms with Crippen LogP contribution in [0.1, 0.15) is 37.7 Å². The third-order valence-corrected chi connectivity index (χ3v) is 7.31. The lowest BCUT2D eigenvalue weighted by molar-refractivity contribution is 0.0974. The molecule has 0 amide bonds. The molecular formula is C24H18N2O5S. The maximum atomic E-state index is 13.3. The van der Waals surface area contributed by atoms with Crippen molar-refractivity contribution in [2.75, 3.05) is 7.11 Å². The van der Waals surface area contributed by atoms with Crippen LogP contribution in [0.5, 0.6) is 5.75 Å². The minimum atomic E-state index is -4.05. The van der Waals surface area contributed by atoms with E-state index in [1.165, 1.54) is 24.4 Å². The van der Waals surface area contributed by atoms with Gasteiger partial charge in [0, 0.05) is 18.0 Å². The molecule has 2 aromatic heterocycles. The average molecular weight is 446 g/mol. The summed E-state index contributed by atoms with van der Waals surface area (Å²) < 4.78 is 32.5. The predicted molar refractivity (Wildman–Crippen MR) is 118 cm³/mol. The summed E-state index contributed by atoms with van der Waals surface area (Å²) in [5.41, 5.74) is 2.43. The first-order chi connectivity index (χ1) is 15.3. The highest BCUT2D eigenvalue weighted by Crippen LogP contribution is 2.36. The number of rotatable bonds is 4. The lowest BCUT2D eigenvalue weighted by atomic mass is 9.89. The van der Waals surface area contributed by atoms with Gasteiger partial charge < -0.3 is 9.72 Å². The fourth-order valence-corrected chi connectivity index (χ4v) is 5.28. The maximum absolute atomic E-state index is 13.3. The van der Waals surface area contributed by atoms with E-state index in [9.17, 15) is 18.0 Å². The highest BCUT2D eigenvalue weighted by Gasteiger charge is 2.38. The highest BCUT2D eigenvalue weighted by atomic mass is 32.2. The Morgan fingerprint density at radius 1 is 0.875 bits per heavy atom. The van der Waals surface area contributed by atoms with Gasteiger partial charge >= 0.3 is 0 Å². The number of carbonyl (C=O) groups excluding carboxylic acids is 2. The lowest BCUT2D eigenvalue weighted by Crippen LogP contribution is -2.25. The number of carbonyl (C=O) groups is 2. The summed E-state index contributed by atoms with van der Waals surface area (Å²) in [7, 11) is -2.49. The Kier molecular flexibility index (Phi) is 4.42. The largest absolute Gasteiger partial charge is 0.497 e. The van der Waals surface area contributed by atoms with Crippen LogP contribution in [0.4, 0.5) is 0 Å². The fourth-order valence-electron chi connectivity index (χ4n) is 3.93. The molecule has 0 fully saturated rings. The van der Waals surface area contributed by atoms with Crippen molar-refractivity contribution >= 4 is 21.6 Å². The van der Waals surface area contributed by atoms with Crippen LogP contribution in [-0.2, 0) is 10.0 Å². The second-order valence-corrected chi connectivity index (χ2v) is 9.35. The number of hydrogen-bond donors (Lipinski definition) is 1. The van der Waals surface area contributed by atoms with Gasteiger partial charge in [0.05, 0.1) is 23.1 Å². The Balaban J connectivity index is 1.63. The number of aromatic nitrogens is 2. The number of hydrogen-bond acceptors (Lipinski definition) is 5. The van der Waals surface area contributed by atoms with Crippen LogP contribution in [0.15, 0.2) is 71.9 Å². The molecule has 1 aliphatic carbocycles. The number of aromatic amines is 1. The molecule has 0 spiro atoms. The summed E-state index contributed by atoms with van der Waals surface area (Å²) in [5, 5.41) is 0. The van der Waals surface area contributed by atoms with Crippen molar-refractivity contribution in [3.63, 3.8) is 0 Å². The molecule has 0 saturated carbocycles. The van der Waals surface area contributed by atoms with Gasteiger partial charge in [0.1, 0.15) is 17.1 Å². The maximum Gasteiger partial charge on any atom is 0.268 e. The number of methoxy groups -OCH3 is 1. The number of benzene rings is 2. The molecule has 4 aromatic rings. The standard InChI is InChI=1S/C24H18N2O5S/c1-14-3-9-17(10-4-14)32(29,30)26-12-11-18-22(26)24(28)21-20(23(18)27)19(13-25-21)15-5-7-16(31-2)8-6-15/h3-13,25H,1-2H3. The van der Waals surface area contributed by atoms with Crippen LogP contribution in [0.25, 0.3) is 11.1 Å². The summed E-state index contributed by atoms with van der Waals surface area (Å²) in [4.78, 5) is 29.6. The van der Waals surface area contributed by atoms with Gasteiger partial charge in [-0.3, -0.25) is 9.59 Å². The molecule has 7 nitrogen and oxygen atoms in total. The summed E-state index contributed by atoms with van der Waals surface area (Å²) >= 11 is 0. The Labute approximate surface area is 184 Å². The Morgan fingerprint density at radius 3 is 2.22 bits per heavy atom. The number of fused-ring (bicyclic) bond motifs is 2. The van der Waals surface area contributed by atoms with Crippen molar-refractivity contribution in [1.82, 2.24) is 8.96 Å². The van der Waals surface area contributed by atoms with Gasteiger partial charge in [-0.25, -0.2) is 12.4 Å². The van der Waals surface area contributed by atoms with E-state index in [2.05, 4.69) is 4.98 Å². The Morgan fingerprint density at radius 2 is 1.56 bits per heavy atom. The van der Waals surface area contributed by atoms with Crippen molar-refractivity contribution in [2.45, 2.75) is 11.8 Å². The third kappa shape index (κ3) is 2.84. The molecule has 160 valence electrons. The number of aryl methyl sites for hydroxylation is 1. The zero-order valence-electron chi connectivity index (χ0n) is 17.2. The second kappa shape index (κ2) is 7.06. The number of nitrogens with one attached hydrogen (secondary N) is 1. The zero-order chi connectivity index (χ0) is 22.6. The van der Waals surface area contributed by atoms with Gasteiger partial charge in [-0.05, 0) is 42.8 Å². The van der Waals surface area contributed by atoms with Gasteiger partial charge in [-0.1, -0.05) is 29.8 Å². The van der Waals surface area contributed by atoms with E-state index < -0.39 is 21.6 Å². The second-order valence-electron chi connectivity index (χ2n) is 7.53. The molecule has 0 saturated heterocycles. The summed E-state index contributed by atoms with van der Waals surface area (Å²) in [6, 6.07) is 14.8. The van der Waals surface area contributed by atoms with Crippen LogP contribution >= 0.6 is 0 Å². The molecule has 0 radical (unpaired) electrons. The summed E-state index contributed by atoms with van der Waals surface area (Å²) in [6.45, 7) is 1.85. The Hall–Kier alpha value is -3.91. The Bertz CT molecular complexity index is 1490. The van der Waals surface area contributed by atoms with Crippen LogP contribution in [-0.4, -0.2) is 36.1 Å². The third-order valence-electron chi connectivity index (χ3n) is 5.62. The number of nitrogens with zero attached hydrogens (tertiary/aromatic N) is 1. The average Bonchev–Trinajstić information content (AvgIpc) is 3.44. The SMILES string of the molecule is COc1ccc(-c2c[nH]c3c2C(=O)c2ccn(S(=O)(=O)c4ccc(C)cc4)c2C3=O)cc1. The molecule has 5 rings (SSSR count). The first-order valence-electron chi connectivity index (χ1n) is 9.81. The molecule has 1 aliphatic rings. The molecular weight excluding hydrogens is 428 g/mol. The number of ketones is 2. The first-order valence-corrected chi connectivity index (χ1v) is 11.3. The summed E-state index contributed by atoms with van der Waals surface area (Å²) in [6.07, 6.45) is 2.85. The van der Waals surface area contributed by atoms with Gasteiger partial charge in [0.2, 0.25) is 5.78 Å². The fraction of sp³-hybridized carbons (Fsp3) is 0.0833. The van der Waals surface area contributed by atoms with E-state index in [1.807, 2.05) is 6.92 Å². The topological polar surface area (TPSA) is 98.2 Å². The number of H-pyrrole nitrogens is 1. The molecule has 0 atom stereocenters. The van der Waals surface area contributed by atoms with E-state index in [0.29, 0.717) is 11.3 Å². The molecule has 0 unspecified atom stereocenters. The van der Waals surface area contributed by atoms with Crippen LogP contribution in [0.3, 0.4) is 0 Å². The molecule has 0 bridgehead atoms. The highest BCUT2D eigenvalue weighted by molar-refractivity contribution is 7.90. The normalized spacial score (nSPS) is 13.1. The minimum Gasteiger partial charge on any atom is -0.497 e. The van der Waals surface area contributed by atoms with E-state index >= 15 is 0 Å². The van der Waals surface area contributed by atoms with Gasteiger partial charge in [0.25, 0.3) is 10.0 Å². The molecule has 0 aliphatic heterocycles. The molecule has 32 heavy (non-hydrogen) atoms. The van der Waals surface area contributed by atoms with E-state index in [1.54, 1.807) is 49.7 Å². The molecule has 8 heteroatoms. The van der Waals surface area contributed by atoms with Crippen molar-refractivity contribution in [3.8, 4) is 16.9 Å². The first kappa shape index (κ1) is 20.0. The zero-order valence-corrected chi connectivity index (χ0v) is 18.1. The monoisotopic (exact) mass is 446 g/mol. The minimum absolute atomic E-state index is 0.0398. The van der Waals surface area contributed by atoms with Crippen LogP contribution < -0.4 is 4.74 Å². The molecule has 2 heterocycles. The van der Waals surface area contributed by atoms with Crippen molar-refractivity contribution in [2.24, 2.45) is 0 Å².